The van der Waals surface area contributed by atoms with Crippen LogP contribution < -0.4 is 27.0 Å². The first-order valence-corrected chi connectivity index (χ1v) is 14.2. The Morgan fingerprint density at radius 1 is 0.927 bits per heavy atom. The Labute approximate surface area is 240 Å². The van der Waals surface area contributed by atoms with E-state index in [9.17, 15) is 24.0 Å². The number of hydrogen-bond acceptors (Lipinski definition) is 6. The topological polar surface area (TPSA) is 169 Å². The summed E-state index contributed by atoms with van der Waals surface area (Å²) in [5.74, 6) is -1.83. The van der Waals surface area contributed by atoms with Gasteiger partial charge in [0.25, 0.3) is 0 Å². The number of nitrogens with two attached hydrogens (primary N) is 1. The van der Waals surface area contributed by atoms with Crippen LogP contribution in [0.3, 0.4) is 0 Å². The number of ether oxygens (including phenoxy) is 1. The molecule has 11 nitrogen and oxygen atoms in total. The second-order valence-electron chi connectivity index (χ2n) is 10.4. The SMILES string of the molecule is CC(=O)NCCCC[C@H](NC(=O)C1(NC(=O)CCc2ccc3ccccc3c2)CCOCC1)C(=O)NCCC(N)=O. The van der Waals surface area contributed by atoms with Crippen molar-refractivity contribution < 1.29 is 28.7 Å². The summed E-state index contributed by atoms with van der Waals surface area (Å²) >= 11 is 0. The van der Waals surface area contributed by atoms with E-state index in [-0.39, 0.29) is 44.0 Å². The van der Waals surface area contributed by atoms with E-state index in [1.54, 1.807) is 0 Å². The van der Waals surface area contributed by atoms with Gasteiger partial charge in [-0.3, -0.25) is 24.0 Å². The van der Waals surface area contributed by atoms with Crippen molar-refractivity contribution in [3.8, 4) is 0 Å². The molecule has 1 atom stereocenters. The average molecular weight is 568 g/mol. The van der Waals surface area contributed by atoms with Crippen molar-refractivity contribution >= 4 is 40.3 Å². The van der Waals surface area contributed by atoms with Gasteiger partial charge in [0.05, 0.1) is 0 Å². The number of fused-ring (bicyclic) bond motifs is 1. The fraction of sp³-hybridized carbons (Fsp3) is 0.500. The predicted molar refractivity (Wildman–Crippen MR) is 154 cm³/mol. The maximum atomic E-state index is 13.7. The first kappa shape index (κ1) is 31.5. The smallest absolute Gasteiger partial charge is 0.246 e. The Hall–Kier alpha value is -3.99. The zero-order valence-electron chi connectivity index (χ0n) is 23.6. The number of amides is 5. The molecule has 0 bridgehead atoms. The van der Waals surface area contributed by atoms with E-state index >= 15 is 0 Å². The van der Waals surface area contributed by atoms with Crippen LogP contribution in [0, 0.1) is 0 Å². The van der Waals surface area contributed by atoms with Crippen LogP contribution in [0.15, 0.2) is 42.5 Å². The molecule has 2 aromatic carbocycles. The number of hydrogen-bond donors (Lipinski definition) is 5. The molecule has 1 aliphatic heterocycles. The third kappa shape index (κ3) is 10.2. The quantitative estimate of drug-likeness (QED) is 0.203. The van der Waals surface area contributed by atoms with Crippen molar-refractivity contribution in [2.75, 3.05) is 26.3 Å². The molecule has 222 valence electrons. The summed E-state index contributed by atoms with van der Waals surface area (Å²) in [5.41, 5.74) is 4.99. The second kappa shape index (κ2) is 15.7. The molecule has 0 radical (unpaired) electrons. The lowest BCUT2D eigenvalue weighted by molar-refractivity contribution is -0.139. The molecule has 1 saturated heterocycles. The van der Waals surface area contributed by atoms with Crippen LogP contribution in [0.25, 0.3) is 10.8 Å². The molecule has 1 heterocycles. The van der Waals surface area contributed by atoms with E-state index < -0.39 is 29.3 Å². The highest BCUT2D eigenvalue weighted by atomic mass is 16.5. The van der Waals surface area contributed by atoms with Gasteiger partial charge in [0.1, 0.15) is 11.6 Å². The maximum absolute atomic E-state index is 13.7. The van der Waals surface area contributed by atoms with Crippen LogP contribution >= 0.6 is 0 Å². The minimum Gasteiger partial charge on any atom is -0.381 e. The van der Waals surface area contributed by atoms with Crippen LogP contribution in [-0.4, -0.2) is 67.4 Å². The molecule has 1 fully saturated rings. The molecule has 0 spiro atoms. The number of carbonyl (C=O) groups is 5. The second-order valence-corrected chi connectivity index (χ2v) is 10.4. The van der Waals surface area contributed by atoms with Gasteiger partial charge in [0.15, 0.2) is 0 Å². The third-order valence-corrected chi connectivity index (χ3v) is 7.20. The Balaban J connectivity index is 1.64. The first-order valence-electron chi connectivity index (χ1n) is 14.2. The van der Waals surface area contributed by atoms with Crippen molar-refractivity contribution in [3.05, 3.63) is 48.0 Å². The van der Waals surface area contributed by atoms with E-state index in [4.69, 9.17) is 10.5 Å². The Bertz CT molecular complexity index is 1230. The molecule has 0 saturated carbocycles. The monoisotopic (exact) mass is 567 g/mol. The van der Waals surface area contributed by atoms with Crippen molar-refractivity contribution in [1.29, 1.82) is 0 Å². The molecule has 0 aliphatic carbocycles. The van der Waals surface area contributed by atoms with Crippen molar-refractivity contribution in [2.45, 2.75) is 69.9 Å². The molecule has 0 unspecified atom stereocenters. The largest absolute Gasteiger partial charge is 0.381 e. The van der Waals surface area contributed by atoms with Crippen molar-refractivity contribution in [1.82, 2.24) is 21.3 Å². The maximum Gasteiger partial charge on any atom is 0.246 e. The highest BCUT2D eigenvalue weighted by molar-refractivity contribution is 5.95. The molecule has 6 N–H and O–H groups in total. The van der Waals surface area contributed by atoms with Gasteiger partial charge in [0, 0.05) is 58.9 Å². The number of primary amides is 1. The lowest BCUT2D eigenvalue weighted by atomic mass is 9.88. The van der Waals surface area contributed by atoms with E-state index in [0.717, 1.165) is 16.3 Å². The normalized spacial score (nSPS) is 15.0. The van der Waals surface area contributed by atoms with Gasteiger partial charge in [-0.1, -0.05) is 42.5 Å². The van der Waals surface area contributed by atoms with Crippen molar-refractivity contribution in [2.24, 2.45) is 5.73 Å². The highest BCUT2D eigenvalue weighted by Gasteiger charge is 2.42. The average Bonchev–Trinajstić information content (AvgIpc) is 2.95. The highest BCUT2D eigenvalue weighted by Crippen LogP contribution is 2.23. The number of nitrogens with one attached hydrogen (secondary N) is 4. The van der Waals surface area contributed by atoms with Crippen LogP contribution in [0.2, 0.25) is 0 Å². The van der Waals surface area contributed by atoms with Gasteiger partial charge in [-0.2, -0.15) is 0 Å². The lowest BCUT2D eigenvalue weighted by Crippen LogP contribution is -2.63. The standard InChI is InChI=1S/C30H41N5O6/c1-21(36)32-16-5-4-8-25(28(39)33-17-13-26(31)37)34-29(40)30(14-18-41-19-15-30)35-27(38)12-10-22-9-11-23-6-2-3-7-24(23)20-22/h2-3,6-7,9,11,20,25H,4-5,8,10,12-19H2,1H3,(H2,31,37)(H,32,36)(H,33,39)(H,34,40)(H,35,38)/t25-/m0/s1. The number of rotatable bonds is 15. The molecular weight excluding hydrogens is 526 g/mol. The van der Waals surface area contributed by atoms with Crippen LogP contribution in [0.5, 0.6) is 0 Å². The zero-order chi connectivity index (χ0) is 29.7. The number of carbonyl (C=O) groups excluding carboxylic acids is 5. The molecular formula is C30H41N5O6. The van der Waals surface area contributed by atoms with E-state index in [1.807, 2.05) is 36.4 Å². The summed E-state index contributed by atoms with van der Waals surface area (Å²) in [7, 11) is 0. The molecule has 2 aromatic rings. The van der Waals surface area contributed by atoms with E-state index in [1.165, 1.54) is 6.92 Å². The van der Waals surface area contributed by atoms with Crippen LogP contribution in [-0.2, 0) is 35.1 Å². The predicted octanol–water partition coefficient (Wildman–Crippen LogP) is 1.22. The zero-order valence-corrected chi connectivity index (χ0v) is 23.6. The lowest BCUT2D eigenvalue weighted by Gasteiger charge is -2.37. The van der Waals surface area contributed by atoms with Crippen LogP contribution in [0.4, 0.5) is 0 Å². The molecule has 41 heavy (non-hydrogen) atoms. The first-order chi connectivity index (χ1) is 19.7. The van der Waals surface area contributed by atoms with Crippen LogP contribution in [0.1, 0.15) is 57.4 Å². The summed E-state index contributed by atoms with van der Waals surface area (Å²) in [6, 6.07) is 13.2. The van der Waals surface area contributed by atoms with Gasteiger partial charge in [-0.25, -0.2) is 0 Å². The number of benzene rings is 2. The number of unbranched alkanes of at least 4 members (excludes halogenated alkanes) is 1. The Kier molecular flexibility index (Phi) is 12.1. The summed E-state index contributed by atoms with van der Waals surface area (Å²) in [6.07, 6.45) is 2.74. The summed E-state index contributed by atoms with van der Waals surface area (Å²) in [6.45, 7) is 2.53. The molecule has 3 rings (SSSR count). The van der Waals surface area contributed by atoms with Gasteiger partial charge >= 0.3 is 0 Å². The summed E-state index contributed by atoms with van der Waals surface area (Å²) in [5, 5.41) is 13.4. The molecule has 0 aromatic heterocycles. The minimum atomic E-state index is -1.21. The van der Waals surface area contributed by atoms with Crippen molar-refractivity contribution in [3.63, 3.8) is 0 Å². The fourth-order valence-electron chi connectivity index (χ4n) is 4.85. The third-order valence-electron chi connectivity index (χ3n) is 7.20. The summed E-state index contributed by atoms with van der Waals surface area (Å²) < 4.78 is 5.48. The van der Waals surface area contributed by atoms with Gasteiger partial charge < -0.3 is 31.7 Å². The van der Waals surface area contributed by atoms with Gasteiger partial charge in [0.2, 0.25) is 29.5 Å². The molecule has 11 heteroatoms. The van der Waals surface area contributed by atoms with E-state index in [0.29, 0.717) is 45.4 Å². The van der Waals surface area contributed by atoms with Gasteiger partial charge in [-0.15, -0.1) is 0 Å². The fourth-order valence-corrected chi connectivity index (χ4v) is 4.85. The Morgan fingerprint density at radius 3 is 2.37 bits per heavy atom. The molecule has 1 aliphatic rings. The van der Waals surface area contributed by atoms with Gasteiger partial charge in [-0.05, 0) is 42.0 Å². The minimum absolute atomic E-state index is 0.0243. The molecule has 5 amide bonds. The number of aryl methyl sites for hydroxylation is 1. The van der Waals surface area contributed by atoms with E-state index in [2.05, 4.69) is 27.3 Å². The Morgan fingerprint density at radius 2 is 1.66 bits per heavy atom. The summed E-state index contributed by atoms with van der Waals surface area (Å²) in [4.78, 5) is 61.9.